The molecule has 0 atom stereocenters. The number of hydrogen-bond acceptors (Lipinski definition) is 3. The Kier molecular flexibility index (Phi) is 4.23. The van der Waals surface area contributed by atoms with E-state index in [1.165, 1.54) is 24.1 Å². The second kappa shape index (κ2) is 6.09. The van der Waals surface area contributed by atoms with Gasteiger partial charge in [0.05, 0.1) is 17.7 Å². The van der Waals surface area contributed by atoms with Crippen molar-refractivity contribution in [2.45, 2.75) is 6.42 Å². The summed E-state index contributed by atoms with van der Waals surface area (Å²) in [5, 5.41) is 18.8. The number of nitrogens with zero attached hydrogens (tertiary/aromatic N) is 1. The monoisotopic (exact) mass is 285 g/mol. The highest BCUT2D eigenvalue weighted by molar-refractivity contribution is 6.02. The molecule has 0 aromatic heterocycles. The van der Waals surface area contributed by atoms with E-state index < -0.39 is 5.97 Å². The predicted molar refractivity (Wildman–Crippen MR) is 78.6 cm³/mol. The molecule has 21 heavy (non-hydrogen) atoms. The molecule has 0 unspecified atom stereocenters. The van der Waals surface area contributed by atoms with Crippen LogP contribution in [-0.4, -0.2) is 29.1 Å². The molecule has 5 heteroatoms. The van der Waals surface area contributed by atoms with Crippen LogP contribution >= 0.6 is 0 Å². The summed E-state index contributed by atoms with van der Waals surface area (Å²) < 4.78 is 0. The summed E-state index contributed by atoms with van der Waals surface area (Å²) in [6.07, 6.45) is -0.00285. The summed E-state index contributed by atoms with van der Waals surface area (Å²) in [5.74, 6) is -1.34. The SMILES string of the molecule is CN(C(=O)Cc1ccccc1O)c1ccccc1C(=O)O. The zero-order valence-electron chi connectivity index (χ0n) is 11.5. The molecule has 0 spiro atoms. The summed E-state index contributed by atoms with van der Waals surface area (Å²) in [5.41, 5.74) is 0.887. The number of rotatable bonds is 4. The second-order valence-electron chi connectivity index (χ2n) is 4.58. The van der Waals surface area contributed by atoms with Gasteiger partial charge in [0.15, 0.2) is 0 Å². The minimum Gasteiger partial charge on any atom is -0.508 e. The van der Waals surface area contributed by atoms with Crippen molar-refractivity contribution in [3.63, 3.8) is 0 Å². The Balaban J connectivity index is 2.24. The van der Waals surface area contributed by atoms with E-state index in [9.17, 15) is 14.7 Å². The minimum absolute atomic E-state index is 0.00285. The van der Waals surface area contributed by atoms with Crippen LogP contribution in [0.15, 0.2) is 48.5 Å². The van der Waals surface area contributed by atoms with E-state index in [1.54, 1.807) is 36.4 Å². The van der Waals surface area contributed by atoms with E-state index in [2.05, 4.69) is 0 Å². The molecule has 0 aliphatic rings. The summed E-state index contributed by atoms with van der Waals surface area (Å²) >= 11 is 0. The number of benzene rings is 2. The molecule has 1 amide bonds. The fourth-order valence-corrected chi connectivity index (χ4v) is 2.02. The lowest BCUT2D eigenvalue weighted by Crippen LogP contribution is -2.29. The molecule has 0 fully saturated rings. The molecular formula is C16H15NO4. The maximum absolute atomic E-state index is 12.3. The Morgan fingerprint density at radius 2 is 1.67 bits per heavy atom. The number of likely N-dealkylation sites (N-methyl/N-ethyl adjacent to an activating group) is 1. The minimum atomic E-state index is -1.09. The topological polar surface area (TPSA) is 77.8 Å². The number of carbonyl (C=O) groups is 2. The Bertz CT molecular complexity index is 681. The molecule has 2 N–H and O–H groups in total. The van der Waals surface area contributed by atoms with E-state index in [-0.39, 0.29) is 23.6 Å². The van der Waals surface area contributed by atoms with Crippen LogP contribution in [0, 0.1) is 0 Å². The van der Waals surface area contributed by atoms with Crippen LogP contribution < -0.4 is 4.90 Å². The smallest absolute Gasteiger partial charge is 0.337 e. The number of para-hydroxylation sites is 2. The first kappa shape index (κ1) is 14.6. The standard InChI is InChI=1S/C16H15NO4/c1-17(13-8-4-3-7-12(13)16(20)21)15(19)10-11-6-2-5-9-14(11)18/h2-9,18H,10H2,1H3,(H,20,21). The van der Waals surface area contributed by atoms with E-state index in [4.69, 9.17) is 5.11 Å². The van der Waals surface area contributed by atoms with Crippen LogP contribution in [-0.2, 0) is 11.2 Å². The van der Waals surface area contributed by atoms with Gasteiger partial charge in [0.2, 0.25) is 5.91 Å². The Morgan fingerprint density at radius 3 is 2.33 bits per heavy atom. The van der Waals surface area contributed by atoms with Gasteiger partial charge in [0.1, 0.15) is 5.75 Å². The van der Waals surface area contributed by atoms with E-state index in [0.717, 1.165) is 0 Å². The van der Waals surface area contributed by atoms with Gasteiger partial charge in [-0.25, -0.2) is 4.79 Å². The molecule has 5 nitrogen and oxygen atoms in total. The van der Waals surface area contributed by atoms with Gasteiger partial charge in [0, 0.05) is 12.6 Å². The molecule has 0 aliphatic carbocycles. The van der Waals surface area contributed by atoms with Gasteiger partial charge < -0.3 is 15.1 Å². The number of carboxylic acids is 1. The van der Waals surface area contributed by atoms with Crippen molar-refractivity contribution >= 4 is 17.6 Å². The van der Waals surface area contributed by atoms with Gasteiger partial charge in [0.25, 0.3) is 0 Å². The predicted octanol–water partition coefficient (Wildman–Crippen LogP) is 2.30. The van der Waals surface area contributed by atoms with Gasteiger partial charge >= 0.3 is 5.97 Å². The van der Waals surface area contributed by atoms with Crippen molar-refractivity contribution in [3.05, 3.63) is 59.7 Å². The molecule has 0 saturated heterocycles. The molecule has 2 rings (SSSR count). The van der Waals surface area contributed by atoms with E-state index in [1.807, 2.05) is 0 Å². The number of carboxylic acid groups (broad SMARTS) is 1. The quantitative estimate of drug-likeness (QED) is 0.903. The zero-order valence-corrected chi connectivity index (χ0v) is 11.5. The molecule has 0 radical (unpaired) electrons. The summed E-state index contributed by atoms with van der Waals surface area (Å²) in [6.45, 7) is 0. The first-order valence-electron chi connectivity index (χ1n) is 6.36. The van der Waals surface area contributed by atoms with Gasteiger partial charge in [-0.2, -0.15) is 0 Å². The van der Waals surface area contributed by atoms with E-state index in [0.29, 0.717) is 11.3 Å². The maximum Gasteiger partial charge on any atom is 0.337 e. The lowest BCUT2D eigenvalue weighted by atomic mass is 10.1. The van der Waals surface area contributed by atoms with Crippen molar-refractivity contribution in [1.29, 1.82) is 0 Å². The molecule has 0 heterocycles. The highest BCUT2D eigenvalue weighted by Gasteiger charge is 2.18. The molecule has 108 valence electrons. The number of aromatic carboxylic acids is 1. The number of carbonyl (C=O) groups excluding carboxylic acids is 1. The average Bonchev–Trinajstić information content (AvgIpc) is 2.48. The van der Waals surface area contributed by atoms with Crippen LogP contribution in [0.3, 0.4) is 0 Å². The first-order chi connectivity index (χ1) is 10.0. The lowest BCUT2D eigenvalue weighted by molar-refractivity contribution is -0.117. The van der Waals surface area contributed by atoms with Crippen LogP contribution in [0.1, 0.15) is 15.9 Å². The van der Waals surface area contributed by atoms with Crippen molar-refractivity contribution in [1.82, 2.24) is 0 Å². The fourth-order valence-electron chi connectivity index (χ4n) is 2.02. The van der Waals surface area contributed by atoms with Crippen molar-refractivity contribution in [2.75, 3.05) is 11.9 Å². The maximum atomic E-state index is 12.3. The second-order valence-corrected chi connectivity index (χ2v) is 4.58. The summed E-state index contributed by atoms with van der Waals surface area (Å²) in [6, 6.07) is 12.9. The highest BCUT2D eigenvalue weighted by atomic mass is 16.4. The van der Waals surface area contributed by atoms with Crippen molar-refractivity contribution in [2.24, 2.45) is 0 Å². The molecule has 0 bridgehead atoms. The Hall–Kier alpha value is -2.82. The molecule has 2 aromatic rings. The average molecular weight is 285 g/mol. The number of amides is 1. The summed E-state index contributed by atoms with van der Waals surface area (Å²) in [4.78, 5) is 24.7. The van der Waals surface area contributed by atoms with Crippen LogP contribution in [0.2, 0.25) is 0 Å². The third kappa shape index (κ3) is 3.20. The highest BCUT2D eigenvalue weighted by Crippen LogP contribution is 2.22. The molecule has 0 saturated carbocycles. The first-order valence-corrected chi connectivity index (χ1v) is 6.36. The number of anilines is 1. The van der Waals surface area contributed by atoms with E-state index >= 15 is 0 Å². The van der Waals surface area contributed by atoms with Crippen LogP contribution in [0.4, 0.5) is 5.69 Å². The number of aromatic hydroxyl groups is 1. The number of phenolic OH excluding ortho intramolecular Hbond substituents is 1. The Labute approximate surface area is 122 Å². The number of hydrogen-bond donors (Lipinski definition) is 2. The number of phenols is 1. The molecule has 0 aliphatic heterocycles. The van der Waals surface area contributed by atoms with Gasteiger partial charge in [-0.05, 0) is 18.2 Å². The molecular weight excluding hydrogens is 270 g/mol. The normalized spacial score (nSPS) is 10.1. The van der Waals surface area contributed by atoms with Crippen LogP contribution in [0.5, 0.6) is 5.75 Å². The zero-order chi connectivity index (χ0) is 15.4. The largest absolute Gasteiger partial charge is 0.508 e. The fraction of sp³-hybridized carbons (Fsp3) is 0.125. The third-order valence-corrected chi connectivity index (χ3v) is 3.20. The van der Waals surface area contributed by atoms with Crippen molar-refractivity contribution < 1.29 is 19.8 Å². The van der Waals surface area contributed by atoms with Crippen molar-refractivity contribution in [3.8, 4) is 5.75 Å². The third-order valence-electron chi connectivity index (χ3n) is 3.20. The molecule has 2 aromatic carbocycles. The summed E-state index contributed by atoms with van der Waals surface area (Å²) in [7, 11) is 1.52. The van der Waals surface area contributed by atoms with Crippen LogP contribution in [0.25, 0.3) is 0 Å². The Morgan fingerprint density at radius 1 is 1.05 bits per heavy atom. The van der Waals surface area contributed by atoms with Gasteiger partial charge in [-0.15, -0.1) is 0 Å². The van der Waals surface area contributed by atoms with Gasteiger partial charge in [-0.3, -0.25) is 4.79 Å². The van der Waals surface area contributed by atoms with Gasteiger partial charge in [-0.1, -0.05) is 30.3 Å². The lowest BCUT2D eigenvalue weighted by Gasteiger charge is -2.19.